The first kappa shape index (κ1) is 24.1. The Bertz CT molecular complexity index is 1460. The predicted molar refractivity (Wildman–Crippen MR) is 124 cm³/mol. The summed E-state index contributed by atoms with van der Waals surface area (Å²) >= 11 is 0. The van der Waals surface area contributed by atoms with Gasteiger partial charge in [-0.25, -0.2) is 9.37 Å². The molecule has 188 valence electrons. The molecule has 0 aliphatic carbocycles. The Morgan fingerprint density at radius 3 is 2.64 bits per heavy atom. The molecule has 1 aromatic carbocycles. The summed E-state index contributed by atoms with van der Waals surface area (Å²) in [7, 11) is 1.62. The Balaban J connectivity index is 1.50. The van der Waals surface area contributed by atoms with Gasteiger partial charge in [0, 0.05) is 32.2 Å². The van der Waals surface area contributed by atoms with Crippen molar-refractivity contribution < 1.29 is 22.3 Å². The molecule has 1 saturated heterocycles. The largest absolute Gasteiger partial charge is 0.484 e. The van der Waals surface area contributed by atoms with Crippen LogP contribution in [-0.2, 0) is 13.2 Å². The van der Waals surface area contributed by atoms with Gasteiger partial charge in [0.1, 0.15) is 35.4 Å². The molecule has 0 N–H and O–H groups in total. The van der Waals surface area contributed by atoms with E-state index in [2.05, 4.69) is 14.8 Å². The fraction of sp³-hybridized carbons (Fsp3) is 0.400. The van der Waals surface area contributed by atoms with Gasteiger partial charge in [0.25, 0.3) is 5.56 Å². The van der Waals surface area contributed by atoms with Crippen molar-refractivity contribution in [3.05, 3.63) is 63.3 Å². The number of rotatable bonds is 2. The molecule has 1 fully saturated rings. The summed E-state index contributed by atoms with van der Waals surface area (Å²) in [6.07, 6.45) is -4.75. The number of aromatic nitrogens is 2. The smallest absolute Gasteiger partial charge is 0.419 e. The number of hydrogen-bond acceptors (Lipinski definition) is 6. The molecular formula is C25H23F4N5O2. The summed E-state index contributed by atoms with van der Waals surface area (Å²) in [6, 6.07) is 7.68. The lowest BCUT2D eigenvalue weighted by Crippen LogP contribution is -2.61. The predicted octanol–water partition coefficient (Wildman–Crippen LogP) is 4.00. The standard InChI is InChI=1S/C25H23F4N5O2/c1-13-10-34-17(11-33(13)14(2)15-4-6-18(19(26)8-15)25(27,28)29)12-36-23-22(34)21-20(32(3)24(23)35)7-5-16(9-30)31-21/h4-8,13-14,17H,10-12H2,1-3H3/t13-,14+,17+/m1/s1. The highest BCUT2D eigenvalue weighted by molar-refractivity contribution is 5.93. The molecule has 2 aliphatic rings. The van der Waals surface area contributed by atoms with E-state index in [1.54, 1.807) is 19.2 Å². The molecule has 0 amide bonds. The lowest BCUT2D eigenvalue weighted by atomic mass is 9.98. The number of pyridine rings is 2. The quantitative estimate of drug-likeness (QED) is 0.495. The number of alkyl halides is 3. The van der Waals surface area contributed by atoms with Crippen molar-refractivity contribution in [2.75, 3.05) is 24.6 Å². The van der Waals surface area contributed by atoms with Gasteiger partial charge in [-0.3, -0.25) is 9.69 Å². The van der Waals surface area contributed by atoms with Crippen LogP contribution in [0, 0.1) is 17.1 Å². The van der Waals surface area contributed by atoms with Crippen molar-refractivity contribution in [3.8, 4) is 11.8 Å². The molecule has 36 heavy (non-hydrogen) atoms. The van der Waals surface area contributed by atoms with Crippen molar-refractivity contribution in [2.24, 2.45) is 7.05 Å². The third-order valence-corrected chi connectivity index (χ3v) is 7.16. The Kier molecular flexibility index (Phi) is 5.67. The molecule has 11 heteroatoms. The van der Waals surface area contributed by atoms with Crippen LogP contribution >= 0.6 is 0 Å². The fourth-order valence-corrected chi connectivity index (χ4v) is 5.24. The van der Waals surface area contributed by atoms with E-state index < -0.39 is 17.6 Å². The molecule has 7 nitrogen and oxygen atoms in total. The molecular weight excluding hydrogens is 478 g/mol. The van der Waals surface area contributed by atoms with Crippen LogP contribution in [-0.4, -0.2) is 46.2 Å². The van der Waals surface area contributed by atoms with Gasteiger partial charge in [-0.1, -0.05) is 6.07 Å². The zero-order valence-corrected chi connectivity index (χ0v) is 19.8. The minimum absolute atomic E-state index is 0.0918. The summed E-state index contributed by atoms with van der Waals surface area (Å²) in [5.74, 6) is -1.11. The highest BCUT2D eigenvalue weighted by Gasteiger charge is 2.41. The number of aryl methyl sites for hydroxylation is 1. The highest BCUT2D eigenvalue weighted by Crippen LogP contribution is 2.40. The van der Waals surface area contributed by atoms with Crippen molar-refractivity contribution in [3.63, 3.8) is 0 Å². The molecule has 2 aromatic heterocycles. The first-order valence-electron chi connectivity index (χ1n) is 11.5. The van der Waals surface area contributed by atoms with E-state index in [4.69, 9.17) is 4.74 Å². The van der Waals surface area contributed by atoms with Gasteiger partial charge in [-0.15, -0.1) is 0 Å². The molecule has 0 saturated carbocycles. The number of hydrogen-bond donors (Lipinski definition) is 0. The monoisotopic (exact) mass is 501 g/mol. The van der Waals surface area contributed by atoms with E-state index >= 15 is 0 Å². The van der Waals surface area contributed by atoms with Crippen molar-refractivity contribution in [1.82, 2.24) is 14.5 Å². The van der Waals surface area contributed by atoms with Crippen molar-refractivity contribution >= 4 is 16.7 Å². The Labute approximate surface area is 204 Å². The molecule has 0 spiro atoms. The number of nitriles is 1. The third kappa shape index (κ3) is 3.76. The number of nitrogens with zero attached hydrogens (tertiary/aromatic N) is 5. The van der Waals surface area contributed by atoms with E-state index in [9.17, 15) is 27.6 Å². The lowest BCUT2D eigenvalue weighted by Gasteiger charge is -2.50. The van der Waals surface area contributed by atoms with Gasteiger partial charge in [-0.2, -0.15) is 18.4 Å². The van der Waals surface area contributed by atoms with Crippen LogP contribution in [0.5, 0.6) is 5.75 Å². The Morgan fingerprint density at radius 2 is 1.97 bits per heavy atom. The number of halogens is 4. The topological polar surface area (TPSA) is 74.4 Å². The van der Waals surface area contributed by atoms with Crippen LogP contribution in [0.25, 0.3) is 11.0 Å². The Hall–Kier alpha value is -3.65. The summed E-state index contributed by atoms with van der Waals surface area (Å²) in [5, 5.41) is 9.36. The summed E-state index contributed by atoms with van der Waals surface area (Å²) < 4.78 is 60.6. The van der Waals surface area contributed by atoms with Crippen LogP contribution in [0.4, 0.5) is 23.2 Å². The average molecular weight is 501 g/mol. The fourth-order valence-electron chi connectivity index (χ4n) is 5.24. The van der Waals surface area contributed by atoms with Crippen LogP contribution in [0.3, 0.4) is 0 Å². The lowest BCUT2D eigenvalue weighted by molar-refractivity contribution is -0.140. The SMILES string of the molecule is C[C@@H]1CN2c3c(c(=O)n(C)c4ccc(C#N)nc34)OC[C@@H]2CN1[C@@H](C)c1ccc(C(F)(F)F)c(F)c1. The van der Waals surface area contributed by atoms with Crippen LogP contribution < -0.4 is 15.2 Å². The highest BCUT2D eigenvalue weighted by atomic mass is 19.4. The second kappa shape index (κ2) is 8.48. The molecule has 3 atom stereocenters. The van der Waals surface area contributed by atoms with Gasteiger partial charge in [0.2, 0.25) is 5.75 Å². The van der Waals surface area contributed by atoms with Gasteiger partial charge < -0.3 is 14.2 Å². The van der Waals surface area contributed by atoms with E-state index in [0.717, 1.165) is 12.1 Å². The van der Waals surface area contributed by atoms with Crippen LogP contribution in [0.1, 0.15) is 36.7 Å². The third-order valence-electron chi connectivity index (χ3n) is 7.16. The maximum absolute atomic E-state index is 14.3. The van der Waals surface area contributed by atoms with Gasteiger partial charge in [0.15, 0.2) is 0 Å². The van der Waals surface area contributed by atoms with E-state index in [0.29, 0.717) is 35.4 Å². The maximum atomic E-state index is 14.3. The maximum Gasteiger partial charge on any atom is 0.419 e. The number of benzene rings is 1. The average Bonchev–Trinajstić information content (AvgIpc) is 2.84. The normalized spacial score (nSPS) is 20.9. The first-order valence-corrected chi connectivity index (χ1v) is 11.5. The Morgan fingerprint density at radius 1 is 1.22 bits per heavy atom. The molecule has 2 aliphatic heterocycles. The minimum Gasteiger partial charge on any atom is -0.484 e. The summed E-state index contributed by atoms with van der Waals surface area (Å²) in [5.41, 5.74) is 0.686. The molecule has 3 aromatic rings. The molecule has 5 rings (SSSR count). The summed E-state index contributed by atoms with van der Waals surface area (Å²) in [6.45, 7) is 4.98. The zero-order chi connectivity index (χ0) is 25.9. The molecule has 4 heterocycles. The van der Waals surface area contributed by atoms with E-state index in [1.165, 1.54) is 10.6 Å². The van der Waals surface area contributed by atoms with E-state index in [1.807, 2.05) is 19.9 Å². The number of fused-ring (bicyclic) bond motifs is 5. The van der Waals surface area contributed by atoms with E-state index in [-0.39, 0.29) is 41.7 Å². The van der Waals surface area contributed by atoms with Gasteiger partial charge >= 0.3 is 6.18 Å². The number of anilines is 1. The van der Waals surface area contributed by atoms with Crippen molar-refractivity contribution in [2.45, 2.75) is 38.1 Å². The zero-order valence-electron chi connectivity index (χ0n) is 19.8. The first-order chi connectivity index (χ1) is 17.0. The van der Waals surface area contributed by atoms with Crippen LogP contribution in [0.15, 0.2) is 35.1 Å². The van der Waals surface area contributed by atoms with Gasteiger partial charge in [0.05, 0.1) is 17.1 Å². The molecule has 0 unspecified atom stereocenters. The second-order valence-corrected chi connectivity index (χ2v) is 9.29. The second-order valence-electron chi connectivity index (χ2n) is 9.29. The number of ether oxygens (including phenoxy) is 1. The minimum atomic E-state index is -4.75. The summed E-state index contributed by atoms with van der Waals surface area (Å²) in [4.78, 5) is 21.7. The number of piperazine rings is 1. The molecule has 0 bridgehead atoms. The van der Waals surface area contributed by atoms with Crippen LogP contribution in [0.2, 0.25) is 0 Å². The molecule has 0 radical (unpaired) electrons. The van der Waals surface area contributed by atoms with Gasteiger partial charge in [-0.05, 0) is 43.7 Å². The van der Waals surface area contributed by atoms with Crippen molar-refractivity contribution in [1.29, 1.82) is 5.26 Å².